The van der Waals surface area contributed by atoms with Crippen molar-refractivity contribution in [1.29, 1.82) is 0 Å². The summed E-state index contributed by atoms with van der Waals surface area (Å²) in [5.74, 6) is 0.161. The standard InChI is InChI=1S/C13H14N6O2/c1-3-21-12(20)11-9(2)19(17-16-11)8-10-7-18-6-4-5-14-13(18)15-10/h4-7H,3,8H2,1-2H3. The van der Waals surface area contributed by atoms with E-state index in [1.807, 2.05) is 22.9 Å². The second kappa shape index (κ2) is 5.31. The molecular weight excluding hydrogens is 272 g/mol. The molecule has 0 aliphatic carbocycles. The van der Waals surface area contributed by atoms with E-state index in [0.717, 1.165) is 5.69 Å². The van der Waals surface area contributed by atoms with Crippen molar-refractivity contribution in [3.05, 3.63) is 41.7 Å². The van der Waals surface area contributed by atoms with Crippen LogP contribution < -0.4 is 0 Å². The number of rotatable bonds is 4. The molecule has 8 heteroatoms. The average Bonchev–Trinajstić information content (AvgIpc) is 3.03. The average molecular weight is 286 g/mol. The van der Waals surface area contributed by atoms with E-state index in [1.165, 1.54) is 0 Å². The lowest BCUT2D eigenvalue weighted by atomic mass is 10.3. The van der Waals surface area contributed by atoms with Crippen LogP contribution in [0.4, 0.5) is 0 Å². The van der Waals surface area contributed by atoms with Gasteiger partial charge in [0, 0.05) is 18.6 Å². The zero-order valence-corrected chi connectivity index (χ0v) is 11.7. The molecule has 0 aliphatic heterocycles. The van der Waals surface area contributed by atoms with Gasteiger partial charge in [0.05, 0.1) is 24.5 Å². The Labute approximate surface area is 120 Å². The lowest BCUT2D eigenvalue weighted by Crippen LogP contribution is -2.09. The van der Waals surface area contributed by atoms with Gasteiger partial charge in [-0.25, -0.2) is 19.4 Å². The first kappa shape index (κ1) is 13.2. The van der Waals surface area contributed by atoms with Gasteiger partial charge in [-0.3, -0.25) is 4.40 Å². The minimum Gasteiger partial charge on any atom is -0.461 e. The van der Waals surface area contributed by atoms with Gasteiger partial charge in [-0.15, -0.1) is 5.10 Å². The van der Waals surface area contributed by atoms with E-state index in [1.54, 1.807) is 24.7 Å². The number of fused-ring (bicyclic) bond motifs is 1. The highest BCUT2D eigenvalue weighted by Gasteiger charge is 2.18. The third-order valence-electron chi connectivity index (χ3n) is 3.05. The summed E-state index contributed by atoms with van der Waals surface area (Å²) in [6.45, 7) is 4.26. The SMILES string of the molecule is CCOC(=O)c1nnn(Cc2cn3cccnc3n2)c1C. The first-order valence-corrected chi connectivity index (χ1v) is 6.55. The Kier molecular flexibility index (Phi) is 3.35. The van der Waals surface area contributed by atoms with Gasteiger partial charge >= 0.3 is 5.97 Å². The monoisotopic (exact) mass is 286 g/mol. The maximum atomic E-state index is 11.7. The third kappa shape index (κ3) is 2.47. The predicted octanol–water partition coefficient (Wildman–Crippen LogP) is 0.854. The van der Waals surface area contributed by atoms with Crippen LogP contribution in [0.25, 0.3) is 5.78 Å². The maximum Gasteiger partial charge on any atom is 0.360 e. The second-order valence-electron chi connectivity index (χ2n) is 4.46. The molecule has 3 heterocycles. The van der Waals surface area contributed by atoms with Crippen molar-refractivity contribution < 1.29 is 9.53 Å². The number of nitrogens with zero attached hydrogens (tertiary/aromatic N) is 6. The van der Waals surface area contributed by atoms with Gasteiger partial charge in [0.1, 0.15) is 0 Å². The van der Waals surface area contributed by atoms with Gasteiger partial charge in [0.2, 0.25) is 5.78 Å². The van der Waals surface area contributed by atoms with Crippen molar-refractivity contribution in [3.8, 4) is 0 Å². The normalized spacial score (nSPS) is 11.0. The zero-order chi connectivity index (χ0) is 14.8. The first-order valence-electron chi connectivity index (χ1n) is 6.55. The minimum absolute atomic E-state index is 0.235. The summed E-state index contributed by atoms with van der Waals surface area (Å²) in [5, 5.41) is 7.85. The number of carbonyl (C=O) groups excluding carboxylic acids is 1. The fourth-order valence-corrected chi connectivity index (χ4v) is 2.01. The molecule has 21 heavy (non-hydrogen) atoms. The van der Waals surface area contributed by atoms with E-state index in [-0.39, 0.29) is 5.69 Å². The highest BCUT2D eigenvalue weighted by atomic mass is 16.5. The van der Waals surface area contributed by atoms with Crippen LogP contribution >= 0.6 is 0 Å². The van der Waals surface area contributed by atoms with Crippen molar-refractivity contribution in [3.63, 3.8) is 0 Å². The molecule has 0 radical (unpaired) electrons. The number of hydrogen-bond acceptors (Lipinski definition) is 6. The number of aromatic nitrogens is 6. The van der Waals surface area contributed by atoms with Crippen molar-refractivity contribution >= 4 is 11.7 Å². The Morgan fingerprint density at radius 3 is 3.05 bits per heavy atom. The highest BCUT2D eigenvalue weighted by molar-refractivity contribution is 5.88. The van der Waals surface area contributed by atoms with Crippen LogP contribution in [0.15, 0.2) is 24.7 Å². The van der Waals surface area contributed by atoms with Gasteiger partial charge in [0.15, 0.2) is 5.69 Å². The Balaban J connectivity index is 1.86. The first-order chi connectivity index (χ1) is 10.2. The molecule has 0 unspecified atom stereocenters. The molecule has 0 amide bonds. The van der Waals surface area contributed by atoms with Crippen molar-refractivity contribution in [2.45, 2.75) is 20.4 Å². The molecule has 0 bridgehead atoms. The van der Waals surface area contributed by atoms with E-state index in [4.69, 9.17) is 4.74 Å². The van der Waals surface area contributed by atoms with Gasteiger partial charge in [-0.05, 0) is 19.9 Å². The second-order valence-corrected chi connectivity index (χ2v) is 4.46. The molecule has 0 saturated heterocycles. The predicted molar refractivity (Wildman–Crippen MR) is 72.8 cm³/mol. The molecule has 0 saturated carbocycles. The van der Waals surface area contributed by atoms with E-state index in [9.17, 15) is 4.79 Å². The summed E-state index contributed by atoms with van der Waals surface area (Å²) in [5.41, 5.74) is 1.68. The molecule has 8 nitrogen and oxygen atoms in total. The van der Waals surface area contributed by atoms with E-state index >= 15 is 0 Å². The Morgan fingerprint density at radius 2 is 2.29 bits per heavy atom. The topological polar surface area (TPSA) is 87.2 Å². The van der Waals surface area contributed by atoms with Gasteiger partial charge in [0.25, 0.3) is 0 Å². The van der Waals surface area contributed by atoms with Crippen molar-refractivity contribution in [2.24, 2.45) is 0 Å². The molecule has 108 valence electrons. The number of hydrogen-bond donors (Lipinski definition) is 0. The smallest absolute Gasteiger partial charge is 0.360 e. The van der Waals surface area contributed by atoms with Gasteiger partial charge in [-0.1, -0.05) is 5.21 Å². The Morgan fingerprint density at radius 1 is 1.43 bits per heavy atom. The molecule has 0 atom stereocenters. The number of carbonyl (C=O) groups is 1. The Hall–Kier alpha value is -2.77. The summed E-state index contributed by atoms with van der Waals surface area (Å²) in [4.78, 5) is 20.2. The summed E-state index contributed by atoms with van der Waals surface area (Å²) in [7, 11) is 0. The van der Waals surface area contributed by atoms with Crippen molar-refractivity contribution in [1.82, 2.24) is 29.4 Å². The van der Waals surface area contributed by atoms with Crippen LogP contribution in [0.1, 0.15) is 28.8 Å². The van der Waals surface area contributed by atoms with E-state index in [0.29, 0.717) is 24.6 Å². The van der Waals surface area contributed by atoms with Crippen LogP contribution in [-0.2, 0) is 11.3 Å². The fraction of sp³-hybridized carbons (Fsp3) is 0.308. The quantitative estimate of drug-likeness (QED) is 0.661. The summed E-state index contributed by atoms with van der Waals surface area (Å²) in [6.07, 6.45) is 5.43. The third-order valence-corrected chi connectivity index (χ3v) is 3.05. The van der Waals surface area contributed by atoms with Crippen LogP contribution in [0.2, 0.25) is 0 Å². The zero-order valence-electron chi connectivity index (χ0n) is 11.7. The molecule has 0 N–H and O–H groups in total. The molecule has 3 rings (SSSR count). The van der Waals surface area contributed by atoms with Crippen LogP contribution in [0.5, 0.6) is 0 Å². The van der Waals surface area contributed by atoms with Gasteiger partial charge < -0.3 is 4.74 Å². The van der Waals surface area contributed by atoms with E-state index in [2.05, 4.69) is 20.3 Å². The molecular formula is C13H14N6O2. The lowest BCUT2D eigenvalue weighted by molar-refractivity contribution is 0.0518. The van der Waals surface area contributed by atoms with Crippen LogP contribution in [0.3, 0.4) is 0 Å². The van der Waals surface area contributed by atoms with Gasteiger partial charge in [-0.2, -0.15) is 0 Å². The lowest BCUT2D eigenvalue weighted by Gasteiger charge is -2.01. The molecule has 0 fully saturated rings. The number of imidazole rings is 1. The maximum absolute atomic E-state index is 11.7. The molecule has 3 aromatic heterocycles. The largest absolute Gasteiger partial charge is 0.461 e. The fourth-order valence-electron chi connectivity index (χ4n) is 2.01. The number of esters is 1. The minimum atomic E-state index is -0.460. The molecule has 0 spiro atoms. The van der Waals surface area contributed by atoms with E-state index < -0.39 is 5.97 Å². The molecule has 0 aliphatic rings. The summed E-state index contributed by atoms with van der Waals surface area (Å²) >= 11 is 0. The highest BCUT2D eigenvalue weighted by Crippen LogP contribution is 2.09. The van der Waals surface area contributed by atoms with Crippen LogP contribution in [0, 0.1) is 6.92 Å². The Bertz CT molecular complexity index is 758. The summed E-state index contributed by atoms with van der Waals surface area (Å²) < 4.78 is 8.38. The summed E-state index contributed by atoms with van der Waals surface area (Å²) in [6, 6.07) is 1.83. The molecule has 0 aromatic carbocycles. The number of ether oxygens (including phenoxy) is 1. The van der Waals surface area contributed by atoms with Crippen LogP contribution in [-0.4, -0.2) is 41.9 Å². The van der Waals surface area contributed by atoms with Crippen molar-refractivity contribution in [2.75, 3.05) is 6.61 Å². The molecule has 3 aromatic rings.